The Bertz CT molecular complexity index is 544. The third-order valence-corrected chi connectivity index (χ3v) is 4.67. The van der Waals surface area contributed by atoms with Crippen molar-refractivity contribution in [2.75, 3.05) is 38.2 Å². The largest absolute Gasteiger partial charge is 0.382 e. The molecular formula is C12H19N5O2S. The van der Waals surface area contributed by atoms with Gasteiger partial charge in [-0.15, -0.1) is 0 Å². The Morgan fingerprint density at radius 2 is 2.15 bits per heavy atom. The van der Waals surface area contributed by atoms with Gasteiger partial charge in [0, 0.05) is 27.2 Å². The van der Waals surface area contributed by atoms with Crippen molar-refractivity contribution >= 4 is 34.1 Å². The van der Waals surface area contributed by atoms with Crippen molar-refractivity contribution in [3.63, 3.8) is 0 Å². The summed E-state index contributed by atoms with van der Waals surface area (Å²) in [6, 6.07) is 0. The SMILES string of the molecule is CNC(=O)C1(C)CCN(C(=O)c2sc(NC)nc2N)C1. The van der Waals surface area contributed by atoms with Gasteiger partial charge in [-0.25, -0.2) is 4.98 Å². The molecule has 0 radical (unpaired) electrons. The van der Waals surface area contributed by atoms with Gasteiger partial charge in [-0.1, -0.05) is 11.3 Å². The number of rotatable bonds is 3. The highest BCUT2D eigenvalue weighted by Gasteiger charge is 2.42. The summed E-state index contributed by atoms with van der Waals surface area (Å²) >= 11 is 1.23. The fourth-order valence-electron chi connectivity index (χ4n) is 2.36. The van der Waals surface area contributed by atoms with E-state index in [1.165, 1.54) is 11.3 Å². The number of nitrogens with zero attached hydrogens (tertiary/aromatic N) is 2. The summed E-state index contributed by atoms with van der Waals surface area (Å²) in [5.74, 6) is 0.0352. The van der Waals surface area contributed by atoms with Gasteiger partial charge in [-0.3, -0.25) is 9.59 Å². The second-order valence-electron chi connectivity index (χ2n) is 5.10. The number of thiazole rings is 1. The smallest absolute Gasteiger partial charge is 0.267 e. The van der Waals surface area contributed by atoms with E-state index in [1.54, 1.807) is 19.0 Å². The summed E-state index contributed by atoms with van der Waals surface area (Å²) in [5.41, 5.74) is 5.24. The van der Waals surface area contributed by atoms with Crippen LogP contribution >= 0.6 is 11.3 Å². The molecule has 2 rings (SSSR count). The Hall–Kier alpha value is -1.83. The maximum absolute atomic E-state index is 12.5. The fraction of sp³-hybridized carbons (Fsp3) is 0.583. The quantitative estimate of drug-likeness (QED) is 0.748. The van der Waals surface area contributed by atoms with Crippen LogP contribution in [0.15, 0.2) is 0 Å². The molecule has 1 saturated heterocycles. The normalized spacial score (nSPS) is 21.9. The van der Waals surface area contributed by atoms with Crippen molar-refractivity contribution in [1.82, 2.24) is 15.2 Å². The zero-order valence-electron chi connectivity index (χ0n) is 11.8. The monoisotopic (exact) mass is 297 g/mol. The molecule has 8 heteroatoms. The first-order chi connectivity index (χ1) is 9.41. The van der Waals surface area contributed by atoms with Crippen LogP contribution in [0, 0.1) is 5.41 Å². The predicted octanol–water partition coefficient (Wildman–Crippen LogP) is 0.365. The fourth-order valence-corrected chi connectivity index (χ4v) is 3.16. The number of anilines is 2. The Balaban J connectivity index is 2.15. The van der Waals surface area contributed by atoms with E-state index in [2.05, 4.69) is 15.6 Å². The summed E-state index contributed by atoms with van der Waals surface area (Å²) < 4.78 is 0. The van der Waals surface area contributed by atoms with E-state index >= 15 is 0 Å². The van der Waals surface area contributed by atoms with Gasteiger partial charge in [0.1, 0.15) is 10.7 Å². The molecule has 4 N–H and O–H groups in total. The third-order valence-electron chi connectivity index (χ3n) is 3.60. The minimum Gasteiger partial charge on any atom is -0.382 e. The molecule has 20 heavy (non-hydrogen) atoms. The van der Waals surface area contributed by atoms with Gasteiger partial charge in [0.2, 0.25) is 5.91 Å². The molecule has 0 aliphatic carbocycles. The first-order valence-electron chi connectivity index (χ1n) is 6.37. The van der Waals surface area contributed by atoms with Crippen LogP contribution in [0.4, 0.5) is 10.9 Å². The lowest BCUT2D eigenvalue weighted by Gasteiger charge is -2.22. The molecule has 1 fully saturated rings. The average Bonchev–Trinajstić information content (AvgIpc) is 3.01. The number of nitrogen functional groups attached to an aromatic ring is 1. The van der Waals surface area contributed by atoms with Crippen LogP contribution in [-0.4, -0.2) is 48.9 Å². The minimum absolute atomic E-state index is 0.0407. The Kier molecular flexibility index (Phi) is 3.85. The second kappa shape index (κ2) is 5.28. The maximum atomic E-state index is 12.5. The lowest BCUT2D eigenvalue weighted by molar-refractivity contribution is -0.128. The van der Waals surface area contributed by atoms with Crippen molar-refractivity contribution in [3.05, 3.63) is 4.88 Å². The van der Waals surface area contributed by atoms with Gasteiger partial charge in [0.05, 0.1) is 5.41 Å². The number of carbonyl (C=O) groups excluding carboxylic acids is 2. The van der Waals surface area contributed by atoms with Crippen LogP contribution in [0.5, 0.6) is 0 Å². The molecular weight excluding hydrogens is 278 g/mol. The van der Waals surface area contributed by atoms with E-state index in [0.717, 1.165) is 0 Å². The molecule has 1 aromatic rings. The van der Waals surface area contributed by atoms with Crippen molar-refractivity contribution in [1.29, 1.82) is 0 Å². The molecule has 0 saturated carbocycles. The molecule has 0 spiro atoms. The first kappa shape index (κ1) is 14.6. The highest BCUT2D eigenvalue weighted by Crippen LogP contribution is 2.33. The van der Waals surface area contributed by atoms with E-state index in [1.807, 2.05) is 6.92 Å². The molecule has 2 heterocycles. The van der Waals surface area contributed by atoms with Crippen molar-refractivity contribution < 1.29 is 9.59 Å². The molecule has 0 bridgehead atoms. The zero-order chi connectivity index (χ0) is 14.9. The van der Waals surface area contributed by atoms with Crippen molar-refractivity contribution in [2.45, 2.75) is 13.3 Å². The molecule has 1 atom stereocenters. The van der Waals surface area contributed by atoms with Gasteiger partial charge in [-0.05, 0) is 13.3 Å². The van der Waals surface area contributed by atoms with E-state index in [-0.39, 0.29) is 17.6 Å². The maximum Gasteiger partial charge on any atom is 0.267 e. The zero-order valence-corrected chi connectivity index (χ0v) is 12.6. The van der Waals surface area contributed by atoms with E-state index < -0.39 is 5.41 Å². The highest BCUT2D eigenvalue weighted by atomic mass is 32.1. The summed E-state index contributed by atoms with van der Waals surface area (Å²) in [7, 11) is 3.34. The minimum atomic E-state index is -0.532. The Morgan fingerprint density at radius 1 is 1.45 bits per heavy atom. The van der Waals surface area contributed by atoms with Crippen LogP contribution in [-0.2, 0) is 4.79 Å². The molecule has 1 aliphatic heterocycles. The molecule has 0 aromatic carbocycles. The second-order valence-corrected chi connectivity index (χ2v) is 6.10. The highest BCUT2D eigenvalue weighted by molar-refractivity contribution is 7.18. The predicted molar refractivity (Wildman–Crippen MR) is 78.8 cm³/mol. The Labute approximate surface area is 121 Å². The summed E-state index contributed by atoms with van der Waals surface area (Å²) in [6.45, 7) is 2.82. The number of hydrogen-bond acceptors (Lipinski definition) is 6. The standard InChI is InChI=1S/C12H19N5O2S/c1-12(10(19)14-2)4-5-17(6-12)9(18)7-8(13)16-11(15-3)20-7/h4-6,13H2,1-3H3,(H,14,19)(H,15,16). The van der Waals surface area contributed by atoms with Crippen LogP contribution in [0.3, 0.4) is 0 Å². The lowest BCUT2D eigenvalue weighted by Crippen LogP contribution is -2.40. The van der Waals surface area contributed by atoms with Crippen LogP contribution < -0.4 is 16.4 Å². The van der Waals surface area contributed by atoms with E-state index in [0.29, 0.717) is 29.5 Å². The molecule has 7 nitrogen and oxygen atoms in total. The van der Waals surface area contributed by atoms with Crippen LogP contribution in [0.25, 0.3) is 0 Å². The molecule has 1 unspecified atom stereocenters. The van der Waals surface area contributed by atoms with Gasteiger partial charge < -0.3 is 21.3 Å². The molecule has 1 aliphatic rings. The first-order valence-corrected chi connectivity index (χ1v) is 7.18. The number of nitrogens with two attached hydrogens (primary N) is 1. The number of aromatic nitrogens is 1. The number of carbonyl (C=O) groups is 2. The average molecular weight is 297 g/mol. The topological polar surface area (TPSA) is 100 Å². The molecule has 2 amide bonds. The summed E-state index contributed by atoms with van der Waals surface area (Å²) in [6.07, 6.45) is 0.649. The molecule has 110 valence electrons. The number of hydrogen-bond donors (Lipinski definition) is 3. The number of likely N-dealkylation sites (tertiary alicyclic amines) is 1. The number of nitrogens with one attached hydrogen (secondary N) is 2. The van der Waals surface area contributed by atoms with E-state index in [4.69, 9.17) is 5.73 Å². The van der Waals surface area contributed by atoms with Crippen LogP contribution in [0.2, 0.25) is 0 Å². The lowest BCUT2D eigenvalue weighted by atomic mass is 9.89. The summed E-state index contributed by atoms with van der Waals surface area (Å²) in [4.78, 5) is 30.5. The number of amides is 2. The molecule has 1 aromatic heterocycles. The summed E-state index contributed by atoms with van der Waals surface area (Å²) in [5, 5.41) is 6.13. The van der Waals surface area contributed by atoms with Gasteiger partial charge in [0.15, 0.2) is 5.13 Å². The van der Waals surface area contributed by atoms with Crippen molar-refractivity contribution in [3.8, 4) is 0 Å². The van der Waals surface area contributed by atoms with Crippen LogP contribution in [0.1, 0.15) is 23.0 Å². The van der Waals surface area contributed by atoms with E-state index in [9.17, 15) is 9.59 Å². The van der Waals surface area contributed by atoms with Gasteiger partial charge >= 0.3 is 0 Å². The Morgan fingerprint density at radius 3 is 2.70 bits per heavy atom. The van der Waals surface area contributed by atoms with Crippen molar-refractivity contribution in [2.24, 2.45) is 5.41 Å². The van der Waals surface area contributed by atoms with Gasteiger partial charge in [0.25, 0.3) is 5.91 Å². The van der Waals surface area contributed by atoms with Gasteiger partial charge in [-0.2, -0.15) is 0 Å². The third kappa shape index (κ3) is 2.43.